The van der Waals surface area contributed by atoms with E-state index in [1.807, 2.05) is 4.90 Å². The van der Waals surface area contributed by atoms with E-state index in [1.165, 1.54) is 0 Å². The Morgan fingerprint density at radius 1 is 1.50 bits per heavy atom. The maximum absolute atomic E-state index is 11.7. The third-order valence-electron chi connectivity index (χ3n) is 3.48. The number of amides is 1. The number of carbonyl (C=O) groups is 1. The molecule has 0 bridgehead atoms. The minimum atomic E-state index is 0.333. The van der Waals surface area contributed by atoms with Gasteiger partial charge in [-0.25, -0.2) is 0 Å². The summed E-state index contributed by atoms with van der Waals surface area (Å²) in [7, 11) is 0. The van der Waals surface area contributed by atoms with E-state index in [0.717, 1.165) is 32.6 Å². The molecule has 3 nitrogen and oxygen atoms in total. The van der Waals surface area contributed by atoms with Crippen LogP contribution in [0, 0.1) is 11.8 Å². The normalized spacial score (nSPS) is 33.4. The highest BCUT2D eigenvalue weighted by atomic mass is 16.5. The van der Waals surface area contributed by atoms with Crippen LogP contribution in [-0.2, 0) is 9.53 Å². The van der Waals surface area contributed by atoms with E-state index in [-0.39, 0.29) is 0 Å². The molecule has 0 aromatic carbocycles. The van der Waals surface area contributed by atoms with Gasteiger partial charge >= 0.3 is 0 Å². The maximum atomic E-state index is 11.7. The van der Waals surface area contributed by atoms with Crippen molar-refractivity contribution in [3.63, 3.8) is 0 Å². The predicted molar refractivity (Wildman–Crippen MR) is 53.9 cm³/mol. The Balaban J connectivity index is 1.96. The summed E-state index contributed by atoms with van der Waals surface area (Å²) in [5.41, 5.74) is 0. The van der Waals surface area contributed by atoms with Gasteiger partial charge in [-0.2, -0.15) is 0 Å². The molecule has 14 heavy (non-hydrogen) atoms. The monoisotopic (exact) mass is 197 g/mol. The van der Waals surface area contributed by atoms with Gasteiger partial charge in [0.25, 0.3) is 0 Å². The Morgan fingerprint density at radius 3 is 2.79 bits per heavy atom. The van der Waals surface area contributed by atoms with Crippen LogP contribution in [-0.4, -0.2) is 36.6 Å². The van der Waals surface area contributed by atoms with Crippen molar-refractivity contribution >= 4 is 5.91 Å². The largest absolute Gasteiger partial charge is 0.379 e. The van der Waals surface area contributed by atoms with Crippen molar-refractivity contribution in [2.24, 2.45) is 11.8 Å². The van der Waals surface area contributed by atoms with Crippen molar-refractivity contribution < 1.29 is 9.53 Å². The van der Waals surface area contributed by atoms with Gasteiger partial charge in [0.15, 0.2) is 0 Å². The number of carbonyl (C=O) groups excluding carboxylic acids is 1. The zero-order valence-corrected chi connectivity index (χ0v) is 9.03. The fraction of sp³-hybridized carbons (Fsp3) is 0.909. The van der Waals surface area contributed by atoms with Gasteiger partial charge in [0.2, 0.25) is 5.91 Å². The Kier molecular flexibility index (Phi) is 2.77. The number of hydrogen-bond donors (Lipinski definition) is 0. The smallest absolute Gasteiger partial charge is 0.223 e. The molecule has 0 aromatic heterocycles. The Hall–Kier alpha value is -0.570. The van der Waals surface area contributed by atoms with Crippen molar-refractivity contribution in [2.75, 3.05) is 19.8 Å². The fourth-order valence-corrected chi connectivity index (χ4v) is 2.33. The maximum Gasteiger partial charge on any atom is 0.223 e. The first-order chi connectivity index (χ1) is 6.68. The summed E-state index contributed by atoms with van der Waals surface area (Å²) in [4.78, 5) is 13.8. The molecule has 0 radical (unpaired) electrons. The second-order valence-electron chi connectivity index (χ2n) is 4.77. The summed E-state index contributed by atoms with van der Waals surface area (Å²) in [6.45, 7) is 6.92. The summed E-state index contributed by atoms with van der Waals surface area (Å²) in [6, 6.07) is 0.367. The van der Waals surface area contributed by atoms with Crippen molar-refractivity contribution in [1.82, 2.24) is 4.90 Å². The number of rotatable bonds is 2. The molecule has 2 rings (SSSR count). The molecule has 0 aliphatic carbocycles. The summed E-state index contributed by atoms with van der Waals surface area (Å²) in [6.07, 6.45) is 1.77. The van der Waals surface area contributed by atoms with Gasteiger partial charge in [-0.3, -0.25) is 4.79 Å². The zero-order chi connectivity index (χ0) is 10.1. The lowest BCUT2D eigenvalue weighted by Gasteiger charge is -2.23. The average molecular weight is 197 g/mol. The second-order valence-corrected chi connectivity index (χ2v) is 4.77. The third kappa shape index (κ3) is 1.78. The van der Waals surface area contributed by atoms with E-state index in [9.17, 15) is 4.79 Å². The van der Waals surface area contributed by atoms with Gasteiger partial charge in [-0.1, -0.05) is 13.8 Å². The highest BCUT2D eigenvalue weighted by molar-refractivity contribution is 5.79. The topological polar surface area (TPSA) is 29.5 Å². The molecule has 3 heteroatoms. The summed E-state index contributed by atoms with van der Waals surface area (Å²) in [5.74, 6) is 1.51. The molecule has 80 valence electrons. The number of likely N-dealkylation sites (tertiary alicyclic amines) is 1. The van der Waals surface area contributed by atoms with Crippen molar-refractivity contribution in [3.05, 3.63) is 0 Å². The molecule has 2 atom stereocenters. The molecule has 2 fully saturated rings. The predicted octanol–water partition coefficient (Wildman–Crippen LogP) is 1.28. The Morgan fingerprint density at radius 2 is 2.29 bits per heavy atom. The van der Waals surface area contributed by atoms with E-state index in [0.29, 0.717) is 23.8 Å². The summed E-state index contributed by atoms with van der Waals surface area (Å²) in [5, 5.41) is 0. The molecule has 0 saturated carbocycles. The van der Waals surface area contributed by atoms with E-state index in [1.54, 1.807) is 0 Å². The minimum absolute atomic E-state index is 0.333. The lowest BCUT2D eigenvalue weighted by atomic mass is 9.95. The first-order valence-corrected chi connectivity index (χ1v) is 5.55. The molecule has 0 N–H and O–H groups in total. The van der Waals surface area contributed by atoms with Crippen molar-refractivity contribution in [2.45, 2.75) is 32.7 Å². The van der Waals surface area contributed by atoms with Gasteiger partial charge in [-0.15, -0.1) is 0 Å². The van der Waals surface area contributed by atoms with Gasteiger partial charge in [0, 0.05) is 19.6 Å². The molecule has 2 aliphatic rings. The van der Waals surface area contributed by atoms with Gasteiger partial charge in [0.05, 0.1) is 12.6 Å². The van der Waals surface area contributed by atoms with Crippen LogP contribution in [0.15, 0.2) is 0 Å². The third-order valence-corrected chi connectivity index (χ3v) is 3.48. The van der Waals surface area contributed by atoms with Gasteiger partial charge in [0.1, 0.15) is 0 Å². The van der Waals surface area contributed by atoms with Gasteiger partial charge in [-0.05, 0) is 18.3 Å². The second kappa shape index (κ2) is 3.89. The molecule has 2 aliphatic heterocycles. The van der Waals surface area contributed by atoms with E-state index in [2.05, 4.69) is 13.8 Å². The van der Waals surface area contributed by atoms with Crippen LogP contribution in [0.4, 0.5) is 0 Å². The minimum Gasteiger partial charge on any atom is -0.379 e. The highest BCUT2D eigenvalue weighted by Crippen LogP contribution is 2.28. The number of ether oxygens (including phenoxy) is 1. The summed E-state index contributed by atoms with van der Waals surface area (Å²) >= 11 is 0. The van der Waals surface area contributed by atoms with Crippen LogP contribution < -0.4 is 0 Å². The lowest BCUT2D eigenvalue weighted by molar-refractivity contribution is -0.129. The summed E-state index contributed by atoms with van der Waals surface area (Å²) < 4.78 is 5.32. The average Bonchev–Trinajstić information content (AvgIpc) is 2.71. The molecule has 1 unspecified atom stereocenters. The van der Waals surface area contributed by atoms with Crippen molar-refractivity contribution in [1.29, 1.82) is 0 Å². The quantitative estimate of drug-likeness (QED) is 0.667. The molecular weight excluding hydrogens is 178 g/mol. The number of hydrogen-bond acceptors (Lipinski definition) is 2. The Labute approximate surface area is 85.4 Å². The van der Waals surface area contributed by atoms with Crippen LogP contribution in [0.2, 0.25) is 0 Å². The SMILES string of the molecule is CC(C)C1CC(=O)N([C@H]2CCOC2)C1. The van der Waals surface area contributed by atoms with Gasteiger partial charge < -0.3 is 9.64 Å². The number of nitrogens with zero attached hydrogens (tertiary/aromatic N) is 1. The van der Waals surface area contributed by atoms with Crippen LogP contribution >= 0.6 is 0 Å². The van der Waals surface area contributed by atoms with Crippen LogP contribution in [0.25, 0.3) is 0 Å². The molecular formula is C11H19NO2. The highest BCUT2D eigenvalue weighted by Gasteiger charge is 2.36. The Bertz CT molecular complexity index is 221. The van der Waals surface area contributed by atoms with E-state index < -0.39 is 0 Å². The molecule has 1 amide bonds. The van der Waals surface area contributed by atoms with Crippen LogP contribution in [0.3, 0.4) is 0 Å². The first-order valence-electron chi connectivity index (χ1n) is 5.55. The lowest BCUT2D eigenvalue weighted by Crippen LogP contribution is -2.37. The molecule has 0 aromatic rings. The standard InChI is InChI=1S/C11H19NO2/c1-8(2)9-5-11(13)12(6-9)10-3-4-14-7-10/h8-10H,3-7H2,1-2H3/t9?,10-/m0/s1. The van der Waals surface area contributed by atoms with Crippen LogP contribution in [0.1, 0.15) is 26.7 Å². The molecule has 2 heterocycles. The van der Waals surface area contributed by atoms with E-state index >= 15 is 0 Å². The zero-order valence-electron chi connectivity index (χ0n) is 9.03. The van der Waals surface area contributed by atoms with Crippen molar-refractivity contribution in [3.8, 4) is 0 Å². The van der Waals surface area contributed by atoms with Crippen LogP contribution in [0.5, 0.6) is 0 Å². The molecule has 2 saturated heterocycles. The fourth-order valence-electron chi connectivity index (χ4n) is 2.33. The first kappa shape index (κ1) is 9.97. The molecule has 0 spiro atoms. The van der Waals surface area contributed by atoms with E-state index in [4.69, 9.17) is 4.74 Å².